The van der Waals surface area contributed by atoms with Gasteiger partial charge in [-0.1, -0.05) is 29.8 Å². The van der Waals surface area contributed by atoms with E-state index in [0.717, 1.165) is 33.3 Å². The van der Waals surface area contributed by atoms with Gasteiger partial charge in [0.1, 0.15) is 4.83 Å². The molecule has 3 aromatic rings. The molecule has 0 aliphatic carbocycles. The minimum Gasteiger partial charge on any atom is -0.479 e. The van der Waals surface area contributed by atoms with Crippen molar-refractivity contribution in [2.24, 2.45) is 0 Å². The van der Waals surface area contributed by atoms with Crippen molar-refractivity contribution in [1.82, 2.24) is 4.98 Å². The smallest absolute Gasteiger partial charge is 0.337 e. The third kappa shape index (κ3) is 3.87. The molecule has 0 fully saturated rings. The Bertz CT molecular complexity index is 1110. The molecule has 158 valence electrons. The van der Waals surface area contributed by atoms with Crippen LogP contribution in [-0.4, -0.2) is 28.3 Å². The number of benzene rings is 1. The number of carboxylic acid groups (broad SMARTS) is 1. The summed E-state index contributed by atoms with van der Waals surface area (Å²) in [5.74, 6) is -1.00. The van der Waals surface area contributed by atoms with Crippen molar-refractivity contribution in [3.05, 3.63) is 51.5 Å². The number of rotatable bonds is 4. The molecule has 1 aliphatic rings. The number of thiophene rings is 1. The SMILES string of the molecule is Cc1ccc(-c2c([C@H](OC(C)(C)C)C(=O)O)c(C)nc3sc4c(c23)CCOC4)cc1. The molecule has 1 atom stereocenters. The summed E-state index contributed by atoms with van der Waals surface area (Å²) in [5, 5.41) is 11.2. The molecule has 0 saturated carbocycles. The minimum atomic E-state index is -1.10. The van der Waals surface area contributed by atoms with Gasteiger partial charge in [0.05, 0.1) is 18.8 Å². The first-order valence-corrected chi connectivity index (χ1v) is 11.0. The van der Waals surface area contributed by atoms with Gasteiger partial charge >= 0.3 is 5.97 Å². The van der Waals surface area contributed by atoms with Crippen LogP contribution in [-0.2, 0) is 27.3 Å². The number of fused-ring (bicyclic) bond motifs is 3. The molecule has 0 bridgehead atoms. The first-order valence-electron chi connectivity index (χ1n) is 10.2. The Morgan fingerprint density at radius 3 is 2.57 bits per heavy atom. The van der Waals surface area contributed by atoms with Crippen LogP contribution < -0.4 is 0 Å². The minimum absolute atomic E-state index is 0.582. The molecule has 0 amide bonds. The van der Waals surface area contributed by atoms with E-state index >= 15 is 0 Å². The number of hydrogen-bond donors (Lipinski definition) is 1. The standard InChI is InChI=1S/C24H27NO4S/c1-13-6-8-15(9-7-13)19-18(21(23(26)27)29-24(3,4)5)14(2)25-22-20(19)16-10-11-28-12-17(16)30-22/h6-9,21H,10-12H2,1-5H3,(H,26,27)/t21-/m0/s1. The summed E-state index contributed by atoms with van der Waals surface area (Å²) in [4.78, 5) is 19.3. The Hall–Kier alpha value is -2.28. The van der Waals surface area contributed by atoms with Crippen LogP contribution in [0.1, 0.15) is 54.1 Å². The molecular weight excluding hydrogens is 398 g/mol. The van der Waals surface area contributed by atoms with Crippen LogP contribution in [0, 0.1) is 13.8 Å². The first-order chi connectivity index (χ1) is 14.2. The molecule has 5 nitrogen and oxygen atoms in total. The van der Waals surface area contributed by atoms with Crippen molar-refractivity contribution < 1.29 is 19.4 Å². The fraction of sp³-hybridized carbons (Fsp3) is 0.417. The average Bonchev–Trinajstić information content (AvgIpc) is 3.03. The van der Waals surface area contributed by atoms with Crippen LogP contribution in [0.2, 0.25) is 0 Å². The lowest BCUT2D eigenvalue weighted by atomic mass is 9.89. The van der Waals surface area contributed by atoms with Gasteiger partial charge in [-0.25, -0.2) is 9.78 Å². The number of aryl methyl sites for hydroxylation is 2. The van der Waals surface area contributed by atoms with E-state index in [4.69, 9.17) is 14.5 Å². The Morgan fingerprint density at radius 1 is 1.23 bits per heavy atom. The molecule has 2 aromatic heterocycles. The molecule has 1 N–H and O–H groups in total. The molecule has 0 saturated heterocycles. The van der Waals surface area contributed by atoms with Crippen molar-refractivity contribution >= 4 is 27.5 Å². The Labute approximate surface area is 180 Å². The Morgan fingerprint density at radius 2 is 1.93 bits per heavy atom. The summed E-state index contributed by atoms with van der Waals surface area (Å²) in [6.45, 7) is 10.8. The first kappa shape index (κ1) is 21.0. The Balaban J connectivity index is 2.08. The lowest BCUT2D eigenvalue weighted by Crippen LogP contribution is -2.28. The number of nitrogens with zero attached hydrogens (tertiary/aromatic N) is 1. The second-order valence-electron chi connectivity index (χ2n) is 8.79. The highest BCUT2D eigenvalue weighted by atomic mass is 32.1. The maximum Gasteiger partial charge on any atom is 0.337 e. The van der Waals surface area contributed by atoms with Crippen LogP contribution in [0.25, 0.3) is 21.3 Å². The van der Waals surface area contributed by atoms with E-state index < -0.39 is 17.7 Å². The number of pyridine rings is 1. The summed E-state index contributed by atoms with van der Waals surface area (Å²) in [6.07, 6.45) is -0.301. The molecule has 1 aliphatic heterocycles. The van der Waals surface area contributed by atoms with Crippen LogP contribution in [0.5, 0.6) is 0 Å². The summed E-state index contributed by atoms with van der Waals surface area (Å²) < 4.78 is 11.7. The number of ether oxygens (including phenoxy) is 2. The van der Waals surface area contributed by atoms with Crippen LogP contribution >= 0.6 is 11.3 Å². The van der Waals surface area contributed by atoms with Gasteiger partial charge in [-0.3, -0.25) is 0 Å². The molecule has 0 radical (unpaired) electrons. The fourth-order valence-corrected chi connectivity index (χ4v) is 5.22. The summed E-state index contributed by atoms with van der Waals surface area (Å²) >= 11 is 1.64. The van der Waals surface area contributed by atoms with Gasteiger partial charge < -0.3 is 14.6 Å². The van der Waals surface area contributed by atoms with E-state index in [-0.39, 0.29) is 0 Å². The van der Waals surface area contributed by atoms with Gasteiger partial charge in [0, 0.05) is 27.1 Å². The quantitative estimate of drug-likeness (QED) is 0.590. The van der Waals surface area contributed by atoms with Crippen molar-refractivity contribution in [2.45, 2.75) is 59.4 Å². The summed E-state index contributed by atoms with van der Waals surface area (Å²) in [5.41, 5.74) is 5.01. The van der Waals surface area contributed by atoms with Crippen molar-refractivity contribution in [1.29, 1.82) is 0 Å². The highest BCUT2D eigenvalue weighted by Gasteiger charge is 2.33. The highest BCUT2D eigenvalue weighted by molar-refractivity contribution is 7.19. The number of carboxylic acids is 1. The highest BCUT2D eigenvalue weighted by Crippen LogP contribution is 2.45. The van der Waals surface area contributed by atoms with Crippen LogP contribution in [0.15, 0.2) is 24.3 Å². The zero-order valence-corrected chi connectivity index (χ0v) is 18.9. The monoisotopic (exact) mass is 425 g/mol. The molecule has 1 aromatic carbocycles. The van der Waals surface area contributed by atoms with E-state index in [1.165, 1.54) is 10.4 Å². The lowest BCUT2D eigenvalue weighted by Gasteiger charge is -2.28. The van der Waals surface area contributed by atoms with E-state index in [1.807, 2.05) is 34.6 Å². The number of carbonyl (C=O) groups is 1. The van der Waals surface area contributed by atoms with Gasteiger partial charge in [0.25, 0.3) is 0 Å². The van der Waals surface area contributed by atoms with E-state index in [2.05, 4.69) is 24.3 Å². The molecule has 0 spiro atoms. The molecule has 0 unspecified atom stereocenters. The van der Waals surface area contributed by atoms with E-state index in [9.17, 15) is 9.90 Å². The normalized spacial score (nSPS) is 15.2. The maximum absolute atomic E-state index is 12.4. The number of hydrogen-bond acceptors (Lipinski definition) is 5. The fourth-order valence-electron chi connectivity index (χ4n) is 4.01. The van der Waals surface area contributed by atoms with E-state index in [1.54, 1.807) is 11.3 Å². The zero-order chi connectivity index (χ0) is 21.6. The van der Waals surface area contributed by atoms with Crippen molar-refractivity contribution in [2.75, 3.05) is 6.61 Å². The largest absolute Gasteiger partial charge is 0.479 e. The lowest BCUT2D eigenvalue weighted by molar-refractivity contribution is -0.160. The second-order valence-corrected chi connectivity index (χ2v) is 9.87. The molecule has 4 rings (SSSR count). The molecule has 6 heteroatoms. The van der Waals surface area contributed by atoms with Gasteiger partial charge in [0.2, 0.25) is 0 Å². The second kappa shape index (κ2) is 7.76. The topological polar surface area (TPSA) is 68.7 Å². The predicted molar refractivity (Wildman–Crippen MR) is 119 cm³/mol. The van der Waals surface area contributed by atoms with Gasteiger partial charge in [-0.05, 0) is 52.2 Å². The summed E-state index contributed by atoms with van der Waals surface area (Å²) in [7, 11) is 0. The third-order valence-electron chi connectivity index (χ3n) is 5.28. The van der Waals surface area contributed by atoms with Crippen LogP contribution in [0.4, 0.5) is 0 Å². The van der Waals surface area contributed by atoms with Gasteiger partial charge in [-0.15, -0.1) is 11.3 Å². The zero-order valence-electron chi connectivity index (χ0n) is 18.0. The summed E-state index contributed by atoms with van der Waals surface area (Å²) in [6, 6.07) is 8.24. The van der Waals surface area contributed by atoms with Crippen molar-refractivity contribution in [3.8, 4) is 11.1 Å². The van der Waals surface area contributed by atoms with Crippen LogP contribution in [0.3, 0.4) is 0 Å². The third-order valence-corrected chi connectivity index (χ3v) is 6.38. The molecular formula is C24H27NO4S. The molecule has 3 heterocycles. The van der Waals surface area contributed by atoms with E-state index in [0.29, 0.717) is 24.5 Å². The maximum atomic E-state index is 12.4. The predicted octanol–water partition coefficient (Wildman–Crippen LogP) is 5.59. The number of aromatic nitrogens is 1. The van der Waals surface area contributed by atoms with Gasteiger partial charge in [0.15, 0.2) is 6.10 Å². The average molecular weight is 426 g/mol. The molecule has 30 heavy (non-hydrogen) atoms. The van der Waals surface area contributed by atoms with Crippen molar-refractivity contribution in [3.63, 3.8) is 0 Å². The van der Waals surface area contributed by atoms with Gasteiger partial charge in [-0.2, -0.15) is 0 Å². The number of aliphatic carboxylic acids is 1. The Kier molecular flexibility index (Phi) is 5.43.